The van der Waals surface area contributed by atoms with Gasteiger partial charge < -0.3 is 0 Å². The van der Waals surface area contributed by atoms with E-state index in [1.54, 1.807) is 31.5 Å². The van der Waals surface area contributed by atoms with E-state index in [-0.39, 0.29) is 16.9 Å². The fourth-order valence-corrected chi connectivity index (χ4v) is 3.91. The van der Waals surface area contributed by atoms with Crippen LogP contribution in [0.2, 0.25) is 5.02 Å². The molecule has 1 unspecified atom stereocenters. The molecule has 1 atom stereocenters. The van der Waals surface area contributed by atoms with E-state index in [1.807, 2.05) is 13.8 Å². The highest BCUT2D eigenvalue weighted by Gasteiger charge is 2.25. The van der Waals surface area contributed by atoms with Crippen LogP contribution in [-0.2, 0) is 16.6 Å². The summed E-state index contributed by atoms with van der Waals surface area (Å²) in [5.74, 6) is 0.0836. The van der Waals surface area contributed by atoms with Gasteiger partial charge in [0.2, 0.25) is 10.0 Å². The van der Waals surface area contributed by atoms with Crippen LogP contribution >= 0.6 is 11.6 Å². The molecule has 1 aromatic heterocycles. The smallest absolute Gasteiger partial charge is 0.207 e. The average Bonchev–Trinajstić information content (AvgIpc) is 2.93. The molecule has 0 aliphatic heterocycles. The summed E-state index contributed by atoms with van der Waals surface area (Å²) >= 11 is 5.92. The molecule has 6 nitrogen and oxygen atoms in total. The molecule has 8 heteroatoms. The van der Waals surface area contributed by atoms with Crippen molar-refractivity contribution in [3.05, 3.63) is 41.2 Å². The topological polar surface area (TPSA) is 76.9 Å². The van der Waals surface area contributed by atoms with Crippen LogP contribution in [0.15, 0.2) is 35.5 Å². The van der Waals surface area contributed by atoms with Crippen molar-refractivity contribution < 1.29 is 8.42 Å². The maximum Gasteiger partial charge on any atom is 0.241 e. The van der Waals surface area contributed by atoms with Gasteiger partial charge in [0.05, 0.1) is 23.8 Å². The Bertz CT molecular complexity index is 729. The summed E-state index contributed by atoms with van der Waals surface area (Å²) in [6.07, 6.45) is 3.13. The van der Waals surface area contributed by atoms with Crippen molar-refractivity contribution in [1.82, 2.24) is 19.7 Å². The highest BCUT2D eigenvalue weighted by Crippen LogP contribution is 2.21. The van der Waals surface area contributed by atoms with E-state index < -0.39 is 10.0 Å². The number of aromatic nitrogens is 3. The summed E-state index contributed by atoms with van der Waals surface area (Å²) in [5, 5.41) is 8.43. The Kier molecular flexibility index (Phi) is 5.20. The van der Waals surface area contributed by atoms with E-state index >= 15 is 0 Å². The predicted molar refractivity (Wildman–Crippen MR) is 85.2 cm³/mol. The second-order valence-electron chi connectivity index (χ2n) is 5.47. The lowest BCUT2D eigenvalue weighted by Crippen LogP contribution is -2.42. The molecule has 0 bridgehead atoms. The van der Waals surface area contributed by atoms with Crippen LogP contribution in [0.4, 0.5) is 0 Å². The number of benzene rings is 1. The van der Waals surface area contributed by atoms with Gasteiger partial charge in [-0.15, -0.1) is 0 Å². The van der Waals surface area contributed by atoms with Crippen molar-refractivity contribution in [3.8, 4) is 0 Å². The Hall–Kier alpha value is -1.44. The lowest BCUT2D eigenvalue weighted by atomic mass is 10.1. The van der Waals surface area contributed by atoms with E-state index in [9.17, 15) is 8.42 Å². The summed E-state index contributed by atoms with van der Waals surface area (Å²) in [7, 11) is -3.66. The molecule has 0 saturated heterocycles. The lowest BCUT2D eigenvalue weighted by molar-refractivity contribution is 0.361. The average molecular weight is 343 g/mol. The molecule has 0 spiro atoms. The van der Waals surface area contributed by atoms with Crippen LogP contribution in [0.25, 0.3) is 0 Å². The number of nitrogens with one attached hydrogen (secondary N) is 1. The second-order valence-corrected chi connectivity index (χ2v) is 7.58. The molecule has 0 saturated carbocycles. The molecule has 1 aromatic carbocycles. The van der Waals surface area contributed by atoms with E-state index in [1.165, 1.54) is 10.9 Å². The summed E-state index contributed by atoms with van der Waals surface area (Å²) in [6, 6.07) is 4.50. The first-order chi connectivity index (χ1) is 10.3. The fourth-order valence-electron chi connectivity index (χ4n) is 2.02. The van der Waals surface area contributed by atoms with Crippen molar-refractivity contribution in [2.45, 2.75) is 38.3 Å². The minimum Gasteiger partial charge on any atom is -0.207 e. The normalized spacial score (nSPS) is 13.5. The molecule has 2 rings (SSSR count). The van der Waals surface area contributed by atoms with Crippen LogP contribution in [-0.4, -0.2) is 29.5 Å². The standard InChI is InChI=1S/C14H19ClN4O2S/c1-10(2)13(9-19-16-6-7-17-19)18-22(20,21)14-8-12(15)5-4-11(14)3/h4-8,10,13,18H,9H2,1-3H3. The molecule has 0 aliphatic carbocycles. The van der Waals surface area contributed by atoms with Gasteiger partial charge in [-0.05, 0) is 30.5 Å². The summed E-state index contributed by atoms with van der Waals surface area (Å²) < 4.78 is 28.0. The summed E-state index contributed by atoms with van der Waals surface area (Å²) in [5.41, 5.74) is 0.650. The van der Waals surface area contributed by atoms with E-state index in [0.29, 0.717) is 17.1 Å². The van der Waals surface area contributed by atoms with Crippen LogP contribution in [0, 0.1) is 12.8 Å². The molecular weight excluding hydrogens is 324 g/mol. The van der Waals surface area contributed by atoms with Gasteiger partial charge in [-0.2, -0.15) is 15.0 Å². The molecule has 2 aromatic rings. The molecular formula is C14H19ClN4O2S. The zero-order chi connectivity index (χ0) is 16.3. The number of sulfonamides is 1. The third-order valence-electron chi connectivity index (χ3n) is 3.38. The molecule has 1 N–H and O–H groups in total. The van der Waals surface area contributed by atoms with E-state index in [0.717, 1.165) is 0 Å². The zero-order valence-corrected chi connectivity index (χ0v) is 14.3. The summed E-state index contributed by atoms with van der Waals surface area (Å²) in [6.45, 7) is 6.00. The van der Waals surface area contributed by atoms with Gasteiger partial charge >= 0.3 is 0 Å². The Morgan fingerprint density at radius 3 is 2.50 bits per heavy atom. The van der Waals surface area contributed by atoms with Gasteiger partial charge in [0.15, 0.2) is 0 Å². The van der Waals surface area contributed by atoms with Crippen LogP contribution in [0.3, 0.4) is 0 Å². The molecule has 1 heterocycles. The van der Waals surface area contributed by atoms with Gasteiger partial charge in [-0.25, -0.2) is 13.1 Å². The quantitative estimate of drug-likeness (QED) is 0.873. The van der Waals surface area contributed by atoms with Crippen molar-refractivity contribution in [2.75, 3.05) is 0 Å². The largest absolute Gasteiger partial charge is 0.241 e. The van der Waals surface area contributed by atoms with Crippen molar-refractivity contribution >= 4 is 21.6 Å². The molecule has 22 heavy (non-hydrogen) atoms. The number of nitrogens with zero attached hydrogens (tertiary/aromatic N) is 3. The van der Waals surface area contributed by atoms with E-state index in [4.69, 9.17) is 11.6 Å². The Morgan fingerprint density at radius 1 is 1.27 bits per heavy atom. The fraction of sp³-hybridized carbons (Fsp3) is 0.429. The minimum absolute atomic E-state index is 0.0836. The van der Waals surface area contributed by atoms with Gasteiger partial charge in [-0.3, -0.25) is 0 Å². The molecule has 0 fully saturated rings. The molecule has 120 valence electrons. The van der Waals surface area contributed by atoms with Gasteiger partial charge in [-0.1, -0.05) is 31.5 Å². The van der Waals surface area contributed by atoms with Crippen LogP contribution < -0.4 is 4.72 Å². The first-order valence-electron chi connectivity index (χ1n) is 6.92. The van der Waals surface area contributed by atoms with Gasteiger partial charge in [0.1, 0.15) is 0 Å². The van der Waals surface area contributed by atoms with Crippen molar-refractivity contribution in [2.24, 2.45) is 5.92 Å². The molecule has 0 amide bonds. The maximum absolute atomic E-state index is 12.6. The molecule has 0 aliphatic rings. The lowest BCUT2D eigenvalue weighted by Gasteiger charge is -2.22. The third-order valence-corrected chi connectivity index (χ3v) is 5.24. The second kappa shape index (κ2) is 6.76. The third kappa shape index (κ3) is 4.06. The first-order valence-corrected chi connectivity index (χ1v) is 8.78. The Labute approximate surface area is 135 Å². The maximum atomic E-state index is 12.6. The highest BCUT2D eigenvalue weighted by atomic mass is 35.5. The highest BCUT2D eigenvalue weighted by molar-refractivity contribution is 7.89. The Morgan fingerprint density at radius 2 is 1.91 bits per heavy atom. The van der Waals surface area contributed by atoms with Gasteiger partial charge in [0.25, 0.3) is 0 Å². The number of hydrogen-bond donors (Lipinski definition) is 1. The van der Waals surface area contributed by atoms with Crippen molar-refractivity contribution in [1.29, 1.82) is 0 Å². The molecule has 0 radical (unpaired) electrons. The van der Waals surface area contributed by atoms with Crippen LogP contribution in [0.5, 0.6) is 0 Å². The van der Waals surface area contributed by atoms with Gasteiger partial charge in [0, 0.05) is 11.1 Å². The number of aryl methyl sites for hydroxylation is 1. The zero-order valence-electron chi connectivity index (χ0n) is 12.7. The Balaban J connectivity index is 2.26. The number of hydrogen-bond acceptors (Lipinski definition) is 4. The SMILES string of the molecule is Cc1ccc(Cl)cc1S(=O)(=O)NC(Cn1nccn1)C(C)C. The summed E-state index contributed by atoms with van der Waals surface area (Å²) in [4.78, 5) is 1.66. The van der Waals surface area contributed by atoms with Crippen molar-refractivity contribution in [3.63, 3.8) is 0 Å². The van der Waals surface area contributed by atoms with Crippen LogP contribution in [0.1, 0.15) is 19.4 Å². The number of halogens is 1. The monoisotopic (exact) mass is 342 g/mol. The first kappa shape index (κ1) is 16.9. The number of rotatable bonds is 6. The van der Waals surface area contributed by atoms with E-state index in [2.05, 4.69) is 14.9 Å². The predicted octanol–water partition coefficient (Wildman–Crippen LogP) is 2.24. The minimum atomic E-state index is -3.66.